The van der Waals surface area contributed by atoms with Crippen molar-refractivity contribution in [2.24, 2.45) is 5.92 Å². The van der Waals surface area contributed by atoms with Crippen LogP contribution in [0.3, 0.4) is 0 Å². The van der Waals surface area contributed by atoms with E-state index in [9.17, 15) is 14.4 Å². The number of ketones is 1. The predicted molar refractivity (Wildman–Crippen MR) is 128 cm³/mol. The zero-order valence-electron chi connectivity index (χ0n) is 19.7. The van der Waals surface area contributed by atoms with Crippen LogP contribution >= 0.6 is 11.3 Å². The minimum absolute atomic E-state index is 0.0153. The summed E-state index contributed by atoms with van der Waals surface area (Å²) in [5, 5.41) is 6.79. The van der Waals surface area contributed by atoms with E-state index in [0.29, 0.717) is 18.0 Å². The summed E-state index contributed by atoms with van der Waals surface area (Å²) < 4.78 is 5.35. The first kappa shape index (κ1) is 23.8. The van der Waals surface area contributed by atoms with Gasteiger partial charge < -0.3 is 14.7 Å². The van der Waals surface area contributed by atoms with E-state index in [2.05, 4.69) is 15.5 Å². The highest BCUT2D eigenvalue weighted by atomic mass is 32.1. The van der Waals surface area contributed by atoms with Gasteiger partial charge in [-0.1, -0.05) is 43.3 Å². The summed E-state index contributed by atoms with van der Waals surface area (Å²) in [6.07, 6.45) is 0.0153. The number of hydrogen-bond donors (Lipinski definition) is 1. The molecule has 0 radical (unpaired) electrons. The molecular formula is C25H28N4O4S. The number of nitrogens with zero attached hydrogens (tertiary/aromatic N) is 3. The van der Waals surface area contributed by atoms with E-state index in [1.807, 2.05) is 50.5 Å². The van der Waals surface area contributed by atoms with Gasteiger partial charge in [-0.05, 0) is 30.9 Å². The fourth-order valence-corrected chi connectivity index (χ4v) is 5.07. The maximum Gasteiger partial charge on any atom is 0.243 e. The maximum absolute atomic E-state index is 13.4. The van der Waals surface area contributed by atoms with Crippen molar-refractivity contribution in [2.75, 3.05) is 6.54 Å². The number of benzene rings is 1. The van der Waals surface area contributed by atoms with Gasteiger partial charge >= 0.3 is 0 Å². The Morgan fingerprint density at radius 3 is 2.56 bits per heavy atom. The number of likely N-dealkylation sites (tertiary alicyclic amines) is 1. The van der Waals surface area contributed by atoms with Gasteiger partial charge in [0.15, 0.2) is 5.78 Å². The Kier molecular flexibility index (Phi) is 6.92. The van der Waals surface area contributed by atoms with E-state index < -0.39 is 12.0 Å². The van der Waals surface area contributed by atoms with Crippen molar-refractivity contribution in [2.45, 2.75) is 52.6 Å². The minimum atomic E-state index is -0.829. The molecule has 2 aromatic heterocycles. The first-order valence-electron chi connectivity index (χ1n) is 11.3. The molecular weight excluding hydrogens is 452 g/mol. The lowest BCUT2D eigenvalue weighted by Crippen LogP contribution is -2.47. The Morgan fingerprint density at radius 2 is 1.97 bits per heavy atom. The summed E-state index contributed by atoms with van der Waals surface area (Å²) in [7, 11) is 0. The highest BCUT2D eigenvalue weighted by molar-refractivity contribution is 7.13. The van der Waals surface area contributed by atoms with Gasteiger partial charge in [-0.25, -0.2) is 4.98 Å². The van der Waals surface area contributed by atoms with E-state index in [1.165, 1.54) is 4.90 Å². The van der Waals surface area contributed by atoms with Crippen LogP contribution in [0.2, 0.25) is 0 Å². The number of nitrogens with one attached hydrogen (secondary N) is 1. The van der Waals surface area contributed by atoms with Crippen molar-refractivity contribution in [3.8, 4) is 10.4 Å². The van der Waals surface area contributed by atoms with Crippen LogP contribution in [-0.4, -0.2) is 45.2 Å². The molecule has 0 bridgehead atoms. The summed E-state index contributed by atoms with van der Waals surface area (Å²) in [5.41, 5.74) is 5.50. The number of thiazole rings is 1. The minimum Gasteiger partial charge on any atom is -0.360 e. The van der Waals surface area contributed by atoms with E-state index in [4.69, 9.17) is 4.52 Å². The second-order valence-electron chi connectivity index (χ2n) is 9.00. The average Bonchev–Trinajstić information content (AvgIpc) is 3.52. The third kappa shape index (κ3) is 4.94. The third-order valence-corrected chi connectivity index (χ3v) is 7.02. The van der Waals surface area contributed by atoms with E-state index in [0.717, 1.165) is 21.7 Å². The first-order valence-corrected chi connectivity index (χ1v) is 12.1. The Bertz CT molecular complexity index is 1200. The zero-order valence-corrected chi connectivity index (χ0v) is 20.5. The van der Waals surface area contributed by atoms with Crippen LogP contribution in [0.4, 0.5) is 0 Å². The van der Waals surface area contributed by atoms with Gasteiger partial charge in [0.05, 0.1) is 28.3 Å². The molecule has 9 heteroatoms. The molecule has 0 saturated carbocycles. The zero-order chi connectivity index (χ0) is 24.4. The van der Waals surface area contributed by atoms with E-state index in [1.54, 1.807) is 24.3 Å². The second-order valence-corrected chi connectivity index (χ2v) is 9.85. The van der Waals surface area contributed by atoms with Crippen LogP contribution in [0.15, 0.2) is 40.4 Å². The summed E-state index contributed by atoms with van der Waals surface area (Å²) >= 11 is 1.59. The summed E-state index contributed by atoms with van der Waals surface area (Å²) in [6.45, 7) is 7.81. The van der Waals surface area contributed by atoms with Crippen molar-refractivity contribution < 1.29 is 18.9 Å². The molecule has 1 aliphatic heterocycles. The van der Waals surface area contributed by atoms with Crippen molar-refractivity contribution >= 4 is 28.9 Å². The Labute approximate surface area is 202 Å². The standard InChI is InChI=1S/C25H28N4O4S/c1-14(2)22(21-9-15(3)28-33-21)25(32)29-12-19(30)10-20(29)24(31)26-11-17-5-7-18(8-6-17)23-16(4)27-13-34-23/h5-9,13-14,20,22H,10-12H2,1-4H3,(H,26,31). The number of amides is 2. The molecule has 0 spiro atoms. The fraction of sp³-hybridized carbons (Fsp3) is 0.400. The molecule has 1 N–H and O–H groups in total. The lowest BCUT2D eigenvalue weighted by Gasteiger charge is -2.28. The molecule has 3 heterocycles. The number of aromatic nitrogens is 2. The predicted octanol–water partition coefficient (Wildman–Crippen LogP) is 3.64. The quantitative estimate of drug-likeness (QED) is 0.554. The summed E-state index contributed by atoms with van der Waals surface area (Å²) in [6, 6.07) is 8.82. The molecule has 4 rings (SSSR count). The highest BCUT2D eigenvalue weighted by Crippen LogP contribution is 2.30. The topological polar surface area (TPSA) is 105 Å². The molecule has 1 aromatic carbocycles. The molecule has 2 unspecified atom stereocenters. The fourth-order valence-electron chi connectivity index (χ4n) is 4.26. The molecule has 1 fully saturated rings. The molecule has 178 valence electrons. The van der Waals surface area contributed by atoms with Crippen LogP contribution in [0.25, 0.3) is 10.4 Å². The molecule has 0 aliphatic carbocycles. The molecule has 2 amide bonds. The molecule has 2 atom stereocenters. The third-order valence-electron chi connectivity index (χ3n) is 6.04. The normalized spacial score (nSPS) is 16.8. The Hall–Kier alpha value is -3.33. The number of rotatable bonds is 7. The second kappa shape index (κ2) is 9.89. The SMILES string of the molecule is Cc1cc(C(C(=O)N2CC(=O)CC2C(=O)NCc2ccc(-c3scnc3C)cc2)C(C)C)on1. The van der Waals surface area contributed by atoms with Gasteiger partial charge in [-0.2, -0.15) is 0 Å². The summed E-state index contributed by atoms with van der Waals surface area (Å²) in [5.74, 6) is -0.995. The van der Waals surface area contributed by atoms with Gasteiger partial charge in [0.25, 0.3) is 0 Å². The van der Waals surface area contributed by atoms with Crippen LogP contribution in [0.5, 0.6) is 0 Å². The van der Waals surface area contributed by atoms with E-state index >= 15 is 0 Å². The van der Waals surface area contributed by atoms with Crippen LogP contribution in [-0.2, 0) is 20.9 Å². The highest BCUT2D eigenvalue weighted by Gasteiger charge is 2.43. The smallest absolute Gasteiger partial charge is 0.243 e. The number of carbonyl (C=O) groups is 3. The monoisotopic (exact) mass is 480 g/mol. The van der Waals surface area contributed by atoms with Crippen molar-refractivity contribution in [1.82, 2.24) is 20.4 Å². The Morgan fingerprint density at radius 1 is 1.24 bits per heavy atom. The maximum atomic E-state index is 13.4. The van der Waals surface area contributed by atoms with Crippen LogP contribution in [0, 0.1) is 19.8 Å². The van der Waals surface area contributed by atoms with E-state index in [-0.39, 0.29) is 36.5 Å². The number of hydrogen-bond acceptors (Lipinski definition) is 7. The number of carbonyl (C=O) groups excluding carboxylic acids is 3. The van der Waals surface area contributed by atoms with Crippen molar-refractivity contribution in [3.63, 3.8) is 0 Å². The molecule has 3 aromatic rings. The molecule has 1 saturated heterocycles. The van der Waals surface area contributed by atoms with Gasteiger partial charge in [-0.15, -0.1) is 11.3 Å². The summed E-state index contributed by atoms with van der Waals surface area (Å²) in [4.78, 5) is 45.5. The molecule has 34 heavy (non-hydrogen) atoms. The number of aryl methyl sites for hydroxylation is 2. The Balaban J connectivity index is 1.44. The molecule has 1 aliphatic rings. The van der Waals surface area contributed by atoms with Crippen molar-refractivity contribution in [3.05, 3.63) is 58.6 Å². The lowest BCUT2D eigenvalue weighted by molar-refractivity contribution is -0.141. The van der Waals surface area contributed by atoms with Crippen molar-refractivity contribution in [1.29, 1.82) is 0 Å². The number of Topliss-reactive ketones (excluding diaryl/α,β-unsaturated/α-hetero) is 1. The van der Waals surface area contributed by atoms with Gasteiger partial charge in [0.1, 0.15) is 17.7 Å². The first-order chi connectivity index (χ1) is 16.2. The van der Waals surface area contributed by atoms with Gasteiger partial charge in [0, 0.05) is 19.0 Å². The average molecular weight is 481 g/mol. The molecule has 8 nitrogen and oxygen atoms in total. The van der Waals surface area contributed by atoms with Crippen LogP contribution < -0.4 is 5.32 Å². The van der Waals surface area contributed by atoms with Gasteiger partial charge in [-0.3, -0.25) is 14.4 Å². The van der Waals surface area contributed by atoms with Gasteiger partial charge in [0.2, 0.25) is 11.8 Å². The van der Waals surface area contributed by atoms with Crippen LogP contribution in [0.1, 0.15) is 48.9 Å². The lowest BCUT2D eigenvalue weighted by atomic mass is 9.91. The largest absolute Gasteiger partial charge is 0.360 e.